The topological polar surface area (TPSA) is 91.2 Å². The van der Waals surface area contributed by atoms with Gasteiger partial charge in [-0.25, -0.2) is 18.1 Å². The molecule has 1 aliphatic rings. The third kappa shape index (κ3) is 4.19. The summed E-state index contributed by atoms with van der Waals surface area (Å²) >= 11 is 0. The molecule has 0 aromatic heterocycles. The Balaban J connectivity index is 2.25. The zero-order valence-electron chi connectivity index (χ0n) is 14.1. The summed E-state index contributed by atoms with van der Waals surface area (Å²) in [5.74, 6) is 0.278. The molecule has 1 N–H and O–H groups in total. The number of aliphatic imine (C=N–C) groups is 1. The second kappa shape index (κ2) is 7.57. The lowest BCUT2D eigenvalue weighted by atomic mass is 10.1. The van der Waals surface area contributed by atoms with Crippen molar-refractivity contribution in [2.45, 2.75) is 32.1 Å². The molecule has 0 saturated heterocycles. The van der Waals surface area contributed by atoms with E-state index in [1.807, 2.05) is 13.8 Å². The van der Waals surface area contributed by atoms with Gasteiger partial charge in [0.05, 0.1) is 11.4 Å². The quantitative estimate of drug-likeness (QED) is 0.498. The monoisotopic (exact) mass is 350 g/mol. The van der Waals surface area contributed by atoms with Gasteiger partial charge in [0, 0.05) is 24.2 Å². The Kier molecular flexibility index (Phi) is 5.71. The molecule has 0 amide bonds. The van der Waals surface area contributed by atoms with Crippen LogP contribution in [0.4, 0.5) is 0 Å². The smallest absolute Gasteiger partial charge is 0.264 e. The molecule has 1 aliphatic heterocycles. The summed E-state index contributed by atoms with van der Waals surface area (Å²) < 4.78 is 27.7. The van der Waals surface area contributed by atoms with Gasteiger partial charge in [-0.15, -0.1) is 0 Å². The lowest BCUT2D eigenvalue weighted by Gasteiger charge is -2.19. The van der Waals surface area contributed by atoms with Crippen molar-refractivity contribution in [3.8, 4) is 0 Å². The summed E-state index contributed by atoms with van der Waals surface area (Å²) in [4.78, 5) is 15.7. The van der Waals surface area contributed by atoms with Gasteiger partial charge in [-0.05, 0) is 32.4 Å². The molecule has 1 aromatic rings. The second-order valence-electron chi connectivity index (χ2n) is 5.50. The molecule has 130 valence electrons. The minimum absolute atomic E-state index is 0.0224. The number of sulfonamides is 1. The van der Waals surface area contributed by atoms with Crippen LogP contribution in [0.15, 0.2) is 39.3 Å². The van der Waals surface area contributed by atoms with E-state index in [4.69, 9.17) is 0 Å². The van der Waals surface area contributed by atoms with Crippen LogP contribution in [0, 0.1) is 5.92 Å². The first kappa shape index (κ1) is 18.1. The second-order valence-corrected chi connectivity index (χ2v) is 7.18. The van der Waals surface area contributed by atoms with Gasteiger partial charge in [0.2, 0.25) is 5.96 Å². The Morgan fingerprint density at radius 2 is 2.17 bits per heavy atom. The third-order valence-corrected chi connectivity index (χ3v) is 5.00. The van der Waals surface area contributed by atoms with Crippen molar-refractivity contribution in [2.75, 3.05) is 13.1 Å². The summed E-state index contributed by atoms with van der Waals surface area (Å²) in [5, 5.41) is 5.79. The number of benzene rings is 1. The van der Waals surface area contributed by atoms with Crippen LogP contribution in [-0.4, -0.2) is 44.5 Å². The number of carbonyl (C=O) groups excluding carboxylic acids is 1. The van der Waals surface area contributed by atoms with Crippen molar-refractivity contribution < 1.29 is 13.2 Å². The number of rotatable bonds is 5. The van der Waals surface area contributed by atoms with E-state index in [0.29, 0.717) is 18.7 Å². The molecule has 0 bridgehead atoms. The molecule has 1 heterocycles. The Hall–Kier alpha value is -2.22. The van der Waals surface area contributed by atoms with Crippen LogP contribution in [0.25, 0.3) is 0 Å². The first-order valence-corrected chi connectivity index (χ1v) is 9.35. The number of Topliss-reactive ketones (excluding diaryl/α,β-unsaturated/α-hetero) is 1. The Labute approximate surface area is 142 Å². The molecule has 1 atom stereocenters. The summed E-state index contributed by atoms with van der Waals surface area (Å²) in [7, 11) is -3.85. The fourth-order valence-electron chi connectivity index (χ4n) is 2.24. The molecule has 0 aliphatic carbocycles. The van der Waals surface area contributed by atoms with Gasteiger partial charge in [0.15, 0.2) is 5.78 Å². The van der Waals surface area contributed by atoms with Crippen LogP contribution < -0.4 is 4.72 Å². The van der Waals surface area contributed by atoms with Gasteiger partial charge in [0.25, 0.3) is 10.0 Å². The number of hydrazone groups is 1. The maximum atomic E-state index is 12.6. The van der Waals surface area contributed by atoms with Crippen molar-refractivity contribution in [1.29, 1.82) is 0 Å². The minimum Gasteiger partial charge on any atom is -0.295 e. The van der Waals surface area contributed by atoms with Crippen LogP contribution >= 0.6 is 0 Å². The summed E-state index contributed by atoms with van der Waals surface area (Å²) in [6, 6.07) is 5.93. The van der Waals surface area contributed by atoms with E-state index in [9.17, 15) is 13.2 Å². The fourth-order valence-corrected chi connectivity index (χ4v) is 3.31. The van der Waals surface area contributed by atoms with E-state index in [1.165, 1.54) is 19.1 Å². The zero-order chi connectivity index (χ0) is 17.7. The molecule has 7 nitrogen and oxygen atoms in total. The minimum atomic E-state index is -3.85. The number of carbonyl (C=O) groups is 1. The summed E-state index contributed by atoms with van der Waals surface area (Å²) in [6.07, 6.45) is 2.72. The SMILES string of the molecule is CCN=C(NS(=O)(=O)c1cccc(C(C)=O)c1)N1CC(CC)C=N1. The van der Waals surface area contributed by atoms with Crippen molar-refractivity contribution in [2.24, 2.45) is 16.0 Å². The largest absolute Gasteiger partial charge is 0.295 e. The average Bonchev–Trinajstić information content (AvgIpc) is 3.03. The molecule has 2 rings (SSSR count). The maximum Gasteiger partial charge on any atom is 0.264 e. The Bertz CT molecular complexity index is 771. The molecule has 1 aromatic carbocycles. The number of nitrogens with zero attached hydrogens (tertiary/aromatic N) is 3. The maximum absolute atomic E-state index is 12.6. The predicted molar refractivity (Wildman–Crippen MR) is 93.7 cm³/mol. The van der Waals surface area contributed by atoms with Crippen LogP contribution in [0.1, 0.15) is 37.6 Å². The number of hydrogen-bond donors (Lipinski definition) is 1. The highest BCUT2D eigenvalue weighted by atomic mass is 32.2. The van der Waals surface area contributed by atoms with Crippen LogP contribution in [0.2, 0.25) is 0 Å². The van der Waals surface area contributed by atoms with E-state index in [1.54, 1.807) is 23.4 Å². The van der Waals surface area contributed by atoms with E-state index in [2.05, 4.69) is 14.8 Å². The number of guanidine groups is 1. The fraction of sp³-hybridized carbons (Fsp3) is 0.438. The number of nitrogens with one attached hydrogen (secondary N) is 1. The number of hydrogen-bond acceptors (Lipinski definition) is 5. The van der Waals surface area contributed by atoms with E-state index >= 15 is 0 Å². The molecule has 1 unspecified atom stereocenters. The molecule has 0 fully saturated rings. The predicted octanol–water partition coefficient (Wildman–Crippen LogP) is 1.87. The molecule has 0 radical (unpaired) electrons. The van der Waals surface area contributed by atoms with E-state index < -0.39 is 10.0 Å². The van der Waals surface area contributed by atoms with Gasteiger partial charge in [-0.2, -0.15) is 5.10 Å². The van der Waals surface area contributed by atoms with Crippen LogP contribution in [0.5, 0.6) is 0 Å². The van der Waals surface area contributed by atoms with Crippen molar-refractivity contribution in [1.82, 2.24) is 9.73 Å². The van der Waals surface area contributed by atoms with Crippen molar-refractivity contribution in [3.05, 3.63) is 29.8 Å². The van der Waals surface area contributed by atoms with Crippen molar-refractivity contribution >= 4 is 28.0 Å². The van der Waals surface area contributed by atoms with E-state index in [0.717, 1.165) is 6.42 Å². The average molecular weight is 350 g/mol. The molecular formula is C16H22N4O3S. The lowest BCUT2D eigenvalue weighted by Crippen LogP contribution is -2.41. The molecule has 0 spiro atoms. The van der Waals surface area contributed by atoms with E-state index in [-0.39, 0.29) is 22.6 Å². The zero-order valence-corrected chi connectivity index (χ0v) is 14.9. The number of ketones is 1. The van der Waals surface area contributed by atoms with Crippen LogP contribution in [0.3, 0.4) is 0 Å². The highest BCUT2D eigenvalue weighted by Gasteiger charge is 2.25. The molecule has 8 heteroatoms. The van der Waals surface area contributed by atoms with Gasteiger partial charge in [-0.1, -0.05) is 19.1 Å². The summed E-state index contributed by atoms with van der Waals surface area (Å²) in [5.41, 5.74) is 0.345. The first-order chi connectivity index (χ1) is 11.4. The Morgan fingerprint density at radius 1 is 1.42 bits per heavy atom. The third-order valence-electron chi connectivity index (χ3n) is 3.68. The lowest BCUT2D eigenvalue weighted by molar-refractivity contribution is 0.101. The Morgan fingerprint density at radius 3 is 2.75 bits per heavy atom. The van der Waals surface area contributed by atoms with Gasteiger partial charge < -0.3 is 0 Å². The normalized spacial score (nSPS) is 18.0. The molecule has 24 heavy (non-hydrogen) atoms. The van der Waals surface area contributed by atoms with Crippen molar-refractivity contribution in [3.63, 3.8) is 0 Å². The molecule has 0 saturated carbocycles. The van der Waals surface area contributed by atoms with Crippen LogP contribution in [-0.2, 0) is 10.0 Å². The highest BCUT2D eigenvalue weighted by molar-refractivity contribution is 7.90. The summed E-state index contributed by atoms with van der Waals surface area (Å²) in [6.45, 7) is 6.28. The highest BCUT2D eigenvalue weighted by Crippen LogP contribution is 2.15. The standard InChI is InChI=1S/C16H22N4O3S/c1-4-13-10-18-20(11-13)16(17-5-2)19-24(22,23)15-8-6-7-14(9-15)12(3)21/h6-10,13H,4-5,11H2,1-3H3,(H,17,19). The molecular weight excluding hydrogens is 328 g/mol. The first-order valence-electron chi connectivity index (χ1n) is 7.87. The van der Waals surface area contributed by atoms with Gasteiger partial charge in [-0.3, -0.25) is 9.79 Å². The van der Waals surface area contributed by atoms with Gasteiger partial charge >= 0.3 is 0 Å². The van der Waals surface area contributed by atoms with Gasteiger partial charge in [0.1, 0.15) is 0 Å².